The molecule has 0 radical (unpaired) electrons. The largest absolute Gasteiger partial charge is 0.466 e. The molecule has 0 aliphatic carbocycles. The van der Waals surface area contributed by atoms with E-state index >= 15 is 0 Å². The molecule has 0 aliphatic heterocycles. The van der Waals surface area contributed by atoms with Gasteiger partial charge in [0.2, 0.25) is 0 Å². The SMILES string of the molecule is COC(=O)C=Cc1cc(N)n[nH]1. The minimum atomic E-state index is -0.414. The molecule has 0 aliphatic rings. The van der Waals surface area contributed by atoms with Gasteiger partial charge in [-0.2, -0.15) is 5.10 Å². The lowest BCUT2D eigenvalue weighted by molar-refractivity contribution is -0.134. The minimum absolute atomic E-state index is 0.388. The third-order valence-electron chi connectivity index (χ3n) is 1.22. The van der Waals surface area contributed by atoms with Gasteiger partial charge in [-0.05, 0) is 6.08 Å². The van der Waals surface area contributed by atoms with Crippen LogP contribution in [-0.2, 0) is 9.53 Å². The van der Waals surface area contributed by atoms with Gasteiger partial charge in [-0.15, -0.1) is 0 Å². The van der Waals surface area contributed by atoms with Gasteiger partial charge in [0.05, 0.1) is 12.8 Å². The molecule has 5 heteroatoms. The molecule has 5 nitrogen and oxygen atoms in total. The van der Waals surface area contributed by atoms with E-state index in [4.69, 9.17) is 5.73 Å². The molecule has 0 saturated heterocycles. The standard InChI is InChI=1S/C7H9N3O2/c1-12-7(11)3-2-5-4-6(8)10-9-5/h2-4H,1H3,(H3,8,9,10). The second-order valence-electron chi connectivity index (χ2n) is 2.10. The fourth-order valence-electron chi connectivity index (χ4n) is 0.664. The van der Waals surface area contributed by atoms with Crippen molar-refractivity contribution >= 4 is 17.9 Å². The maximum absolute atomic E-state index is 10.6. The van der Waals surface area contributed by atoms with Crippen molar-refractivity contribution < 1.29 is 9.53 Å². The Bertz CT molecular complexity index is 303. The van der Waals surface area contributed by atoms with Crippen molar-refractivity contribution in [1.29, 1.82) is 0 Å². The molecule has 0 unspecified atom stereocenters. The van der Waals surface area contributed by atoms with Crippen LogP contribution >= 0.6 is 0 Å². The van der Waals surface area contributed by atoms with E-state index in [1.54, 1.807) is 6.07 Å². The first-order chi connectivity index (χ1) is 5.72. The molecule has 0 saturated carbocycles. The zero-order chi connectivity index (χ0) is 8.97. The highest BCUT2D eigenvalue weighted by molar-refractivity contribution is 5.86. The highest BCUT2D eigenvalue weighted by Gasteiger charge is 1.94. The molecule has 12 heavy (non-hydrogen) atoms. The Labute approximate surface area is 69.2 Å². The van der Waals surface area contributed by atoms with E-state index in [1.165, 1.54) is 19.3 Å². The van der Waals surface area contributed by atoms with Gasteiger partial charge in [0.1, 0.15) is 5.82 Å². The molecule has 64 valence electrons. The number of anilines is 1. The number of H-pyrrole nitrogens is 1. The van der Waals surface area contributed by atoms with Crippen LogP contribution in [0.3, 0.4) is 0 Å². The third kappa shape index (κ3) is 2.12. The van der Waals surface area contributed by atoms with Crippen molar-refractivity contribution in [3.63, 3.8) is 0 Å². The lowest BCUT2D eigenvalue weighted by atomic mass is 10.4. The molecule has 0 amide bonds. The number of ether oxygens (including phenoxy) is 1. The van der Waals surface area contributed by atoms with Crippen molar-refractivity contribution in [3.05, 3.63) is 17.8 Å². The summed E-state index contributed by atoms with van der Waals surface area (Å²) < 4.78 is 4.39. The number of methoxy groups -OCH3 is 1. The Hall–Kier alpha value is -1.78. The quantitative estimate of drug-likeness (QED) is 0.486. The van der Waals surface area contributed by atoms with Gasteiger partial charge >= 0.3 is 5.97 Å². The van der Waals surface area contributed by atoms with E-state index in [9.17, 15) is 4.79 Å². The van der Waals surface area contributed by atoms with Gasteiger partial charge in [0.25, 0.3) is 0 Å². The number of hydrogen-bond acceptors (Lipinski definition) is 4. The molecule has 1 aromatic rings. The Balaban J connectivity index is 2.63. The lowest BCUT2D eigenvalue weighted by Gasteiger charge is -1.87. The number of nitrogens with two attached hydrogens (primary N) is 1. The van der Waals surface area contributed by atoms with Gasteiger partial charge in [0, 0.05) is 12.1 Å². The highest BCUT2D eigenvalue weighted by atomic mass is 16.5. The molecule has 3 N–H and O–H groups in total. The lowest BCUT2D eigenvalue weighted by Crippen LogP contribution is -1.93. The van der Waals surface area contributed by atoms with Gasteiger partial charge in [0.15, 0.2) is 0 Å². The summed E-state index contributed by atoms with van der Waals surface area (Å²) in [5.41, 5.74) is 5.99. The summed E-state index contributed by atoms with van der Waals surface area (Å²) in [6.07, 6.45) is 2.82. The highest BCUT2D eigenvalue weighted by Crippen LogP contribution is 2.01. The molecule has 0 bridgehead atoms. The zero-order valence-corrected chi connectivity index (χ0v) is 6.57. The Morgan fingerprint density at radius 2 is 2.58 bits per heavy atom. The van der Waals surface area contributed by atoms with Gasteiger partial charge in [-0.1, -0.05) is 0 Å². The Morgan fingerprint density at radius 1 is 1.83 bits per heavy atom. The summed E-state index contributed by atoms with van der Waals surface area (Å²) in [6, 6.07) is 1.61. The number of aromatic nitrogens is 2. The van der Waals surface area contributed by atoms with Crippen LogP contribution in [0.2, 0.25) is 0 Å². The van der Waals surface area contributed by atoms with Gasteiger partial charge < -0.3 is 10.5 Å². The summed E-state index contributed by atoms with van der Waals surface area (Å²) in [5.74, 6) is -0.0253. The molecule has 1 rings (SSSR count). The maximum atomic E-state index is 10.6. The first kappa shape index (κ1) is 8.32. The molecular weight excluding hydrogens is 158 g/mol. The first-order valence-corrected chi connectivity index (χ1v) is 3.29. The zero-order valence-electron chi connectivity index (χ0n) is 6.57. The van der Waals surface area contributed by atoms with E-state index in [2.05, 4.69) is 14.9 Å². The van der Waals surface area contributed by atoms with E-state index in [0.717, 1.165) is 0 Å². The molecule has 0 fully saturated rings. The van der Waals surface area contributed by atoms with Crippen LogP contribution in [0.15, 0.2) is 12.1 Å². The fraction of sp³-hybridized carbons (Fsp3) is 0.143. The van der Waals surface area contributed by atoms with Gasteiger partial charge in [-0.3, -0.25) is 5.10 Å². The molecule has 0 aromatic carbocycles. The van der Waals surface area contributed by atoms with E-state index in [1.807, 2.05) is 0 Å². The van der Waals surface area contributed by atoms with Crippen LogP contribution in [-0.4, -0.2) is 23.3 Å². The van der Waals surface area contributed by atoms with Gasteiger partial charge in [-0.25, -0.2) is 4.79 Å². The van der Waals surface area contributed by atoms with Crippen molar-refractivity contribution in [2.75, 3.05) is 12.8 Å². The van der Waals surface area contributed by atoms with Crippen LogP contribution in [0.25, 0.3) is 6.08 Å². The summed E-state index contributed by atoms with van der Waals surface area (Å²) >= 11 is 0. The van der Waals surface area contributed by atoms with Crippen molar-refractivity contribution in [1.82, 2.24) is 10.2 Å². The third-order valence-corrected chi connectivity index (χ3v) is 1.22. The number of esters is 1. The van der Waals surface area contributed by atoms with Crippen molar-refractivity contribution in [2.24, 2.45) is 0 Å². The average molecular weight is 167 g/mol. The fourth-order valence-corrected chi connectivity index (χ4v) is 0.664. The van der Waals surface area contributed by atoms with Crippen LogP contribution in [0, 0.1) is 0 Å². The number of carbonyl (C=O) groups is 1. The molecule has 0 atom stereocenters. The first-order valence-electron chi connectivity index (χ1n) is 3.29. The van der Waals surface area contributed by atoms with Crippen LogP contribution in [0.4, 0.5) is 5.82 Å². The Morgan fingerprint density at radius 3 is 3.08 bits per heavy atom. The number of aromatic amines is 1. The summed E-state index contributed by atoms with van der Waals surface area (Å²) in [5, 5.41) is 6.29. The van der Waals surface area contributed by atoms with Crippen molar-refractivity contribution in [3.8, 4) is 0 Å². The second kappa shape index (κ2) is 3.56. The number of carbonyl (C=O) groups excluding carboxylic acids is 1. The van der Waals surface area contributed by atoms with Crippen LogP contribution in [0.1, 0.15) is 5.69 Å². The summed E-state index contributed by atoms with van der Waals surface area (Å²) in [7, 11) is 1.31. The van der Waals surface area contributed by atoms with Crippen LogP contribution in [0.5, 0.6) is 0 Å². The maximum Gasteiger partial charge on any atom is 0.330 e. The number of rotatable bonds is 2. The number of nitrogens with zero attached hydrogens (tertiary/aromatic N) is 1. The normalized spacial score (nSPS) is 10.4. The predicted octanol–water partition coefficient (Wildman–Crippen LogP) is 0.178. The molecule has 1 aromatic heterocycles. The predicted molar refractivity (Wildman–Crippen MR) is 44.1 cm³/mol. The molecular formula is C7H9N3O2. The second-order valence-corrected chi connectivity index (χ2v) is 2.10. The topological polar surface area (TPSA) is 81.0 Å². The number of hydrogen-bond donors (Lipinski definition) is 2. The Kier molecular flexibility index (Phi) is 2.47. The number of nitrogen functional groups attached to an aromatic ring is 1. The van der Waals surface area contributed by atoms with Crippen molar-refractivity contribution in [2.45, 2.75) is 0 Å². The summed E-state index contributed by atoms with van der Waals surface area (Å²) in [4.78, 5) is 10.6. The minimum Gasteiger partial charge on any atom is -0.466 e. The molecule has 1 heterocycles. The summed E-state index contributed by atoms with van der Waals surface area (Å²) in [6.45, 7) is 0. The van der Waals surface area contributed by atoms with Crippen LogP contribution < -0.4 is 5.73 Å². The van der Waals surface area contributed by atoms with E-state index < -0.39 is 5.97 Å². The smallest absolute Gasteiger partial charge is 0.330 e. The monoisotopic (exact) mass is 167 g/mol. The number of nitrogens with one attached hydrogen (secondary N) is 1. The molecule has 0 spiro atoms. The average Bonchev–Trinajstić information content (AvgIpc) is 2.47. The van der Waals surface area contributed by atoms with E-state index in [0.29, 0.717) is 11.5 Å². The van der Waals surface area contributed by atoms with E-state index in [-0.39, 0.29) is 0 Å².